The molecule has 0 atom stereocenters. The van der Waals surface area contributed by atoms with Crippen molar-refractivity contribution in [1.82, 2.24) is 9.47 Å². The van der Waals surface area contributed by atoms with Crippen LogP contribution in [0.3, 0.4) is 0 Å². The fraction of sp³-hybridized carbons (Fsp3) is 0.444. The van der Waals surface area contributed by atoms with Gasteiger partial charge in [0.25, 0.3) is 5.91 Å². The highest BCUT2D eigenvalue weighted by atomic mass is 16.2. The topological polar surface area (TPSA) is 68.3 Å². The van der Waals surface area contributed by atoms with E-state index in [9.17, 15) is 9.59 Å². The maximum Gasteiger partial charge on any atom is 0.256 e. The molecule has 0 unspecified atom stereocenters. The predicted octanol–water partition coefficient (Wildman–Crippen LogP) is 2.53. The lowest BCUT2D eigenvalue weighted by Crippen LogP contribution is -2.44. The molecule has 1 saturated carbocycles. The van der Waals surface area contributed by atoms with Crippen molar-refractivity contribution in [3.63, 3.8) is 0 Å². The van der Waals surface area contributed by atoms with E-state index in [-0.39, 0.29) is 18.5 Å². The number of aromatic nitrogens is 1. The van der Waals surface area contributed by atoms with Gasteiger partial charge in [0.1, 0.15) is 0 Å². The summed E-state index contributed by atoms with van der Waals surface area (Å²) in [6, 6.07) is 8.02. The second-order valence-corrected chi connectivity index (χ2v) is 6.18. The smallest absolute Gasteiger partial charge is 0.256 e. The summed E-state index contributed by atoms with van der Waals surface area (Å²) in [6.45, 7) is 2.85. The van der Waals surface area contributed by atoms with Crippen molar-refractivity contribution < 1.29 is 9.59 Å². The minimum atomic E-state index is -0.454. The van der Waals surface area contributed by atoms with Gasteiger partial charge >= 0.3 is 0 Å². The van der Waals surface area contributed by atoms with E-state index >= 15 is 0 Å². The summed E-state index contributed by atoms with van der Waals surface area (Å²) in [6.07, 6.45) is 6.00. The molecule has 23 heavy (non-hydrogen) atoms. The molecule has 2 amide bonds. The molecule has 2 N–H and O–H groups in total. The molecule has 2 aromatic rings. The lowest BCUT2D eigenvalue weighted by molar-refractivity contribution is -0.119. The van der Waals surface area contributed by atoms with Crippen molar-refractivity contribution in [3.8, 4) is 0 Å². The third-order valence-electron chi connectivity index (χ3n) is 4.71. The van der Waals surface area contributed by atoms with E-state index in [1.807, 2.05) is 30.5 Å². The number of carbonyl (C=O) groups excluding carboxylic acids is 2. The quantitative estimate of drug-likeness (QED) is 0.921. The molecule has 1 aromatic heterocycles. The largest absolute Gasteiger partial charge is 0.368 e. The summed E-state index contributed by atoms with van der Waals surface area (Å²) in [4.78, 5) is 26.2. The van der Waals surface area contributed by atoms with Gasteiger partial charge in [-0.15, -0.1) is 0 Å². The van der Waals surface area contributed by atoms with Crippen LogP contribution in [-0.2, 0) is 11.3 Å². The molecule has 0 radical (unpaired) electrons. The Morgan fingerprint density at radius 1 is 1.26 bits per heavy atom. The highest BCUT2D eigenvalue weighted by Crippen LogP contribution is 2.28. The van der Waals surface area contributed by atoms with Crippen LogP contribution >= 0.6 is 0 Å². The standard InChI is InChI=1S/C18H23N3O2/c1-2-20-11-15(14-9-5-6-10-16(14)20)18(23)21(12-17(19)22)13-7-3-4-8-13/h5-6,9-11,13H,2-4,7-8,12H2,1H3,(H2,19,22). The Labute approximate surface area is 136 Å². The molecule has 1 aliphatic carbocycles. The van der Waals surface area contributed by atoms with Crippen molar-refractivity contribution in [2.24, 2.45) is 5.73 Å². The Balaban J connectivity index is 2.01. The minimum absolute atomic E-state index is 0.00483. The third kappa shape index (κ3) is 2.96. The molecule has 0 saturated heterocycles. The fourth-order valence-corrected chi connectivity index (χ4v) is 3.58. The molecule has 1 aliphatic rings. The van der Waals surface area contributed by atoms with Gasteiger partial charge in [-0.2, -0.15) is 0 Å². The molecule has 1 fully saturated rings. The van der Waals surface area contributed by atoms with Gasteiger partial charge in [-0.1, -0.05) is 31.0 Å². The number of benzene rings is 1. The number of aryl methyl sites for hydroxylation is 1. The first kappa shape index (κ1) is 15.6. The average Bonchev–Trinajstić information content (AvgIpc) is 3.19. The molecule has 5 nitrogen and oxygen atoms in total. The van der Waals surface area contributed by atoms with Crippen molar-refractivity contribution in [2.75, 3.05) is 6.54 Å². The van der Waals surface area contributed by atoms with Gasteiger partial charge in [0.2, 0.25) is 5.91 Å². The number of nitrogens with zero attached hydrogens (tertiary/aromatic N) is 2. The summed E-state index contributed by atoms with van der Waals surface area (Å²) < 4.78 is 2.07. The second-order valence-electron chi connectivity index (χ2n) is 6.18. The molecule has 3 rings (SSSR count). The highest BCUT2D eigenvalue weighted by molar-refractivity contribution is 6.07. The number of nitrogens with two attached hydrogens (primary N) is 1. The summed E-state index contributed by atoms with van der Waals surface area (Å²) in [5.41, 5.74) is 7.09. The van der Waals surface area contributed by atoms with Gasteiger partial charge in [0.15, 0.2) is 0 Å². The SMILES string of the molecule is CCn1cc(C(=O)N(CC(N)=O)C2CCCC2)c2ccccc21. The monoisotopic (exact) mass is 313 g/mol. The fourth-order valence-electron chi connectivity index (χ4n) is 3.58. The van der Waals surface area contributed by atoms with Gasteiger partial charge in [-0.25, -0.2) is 0 Å². The normalized spacial score (nSPS) is 15.2. The molecule has 1 heterocycles. The lowest BCUT2D eigenvalue weighted by Gasteiger charge is -2.27. The number of para-hydroxylation sites is 1. The van der Waals surface area contributed by atoms with Crippen LogP contribution in [0.4, 0.5) is 0 Å². The van der Waals surface area contributed by atoms with E-state index < -0.39 is 5.91 Å². The first-order chi connectivity index (χ1) is 11.1. The Bertz CT molecular complexity index is 729. The van der Waals surface area contributed by atoms with Crippen molar-refractivity contribution in [2.45, 2.75) is 45.2 Å². The van der Waals surface area contributed by atoms with Gasteiger partial charge in [0, 0.05) is 29.7 Å². The Morgan fingerprint density at radius 2 is 1.96 bits per heavy atom. The first-order valence-electron chi connectivity index (χ1n) is 8.29. The Morgan fingerprint density at radius 3 is 2.61 bits per heavy atom. The average molecular weight is 313 g/mol. The molecule has 1 aromatic carbocycles. The lowest BCUT2D eigenvalue weighted by atomic mass is 10.1. The van der Waals surface area contributed by atoms with Crippen LogP contribution in [0.1, 0.15) is 43.0 Å². The molecule has 0 bridgehead atoms. The van der Waals surface area contributed by atoms with Crippen LogP contribution in [0.15, 0.2) is 30.5 Å². The van der Waals surface area contributed by atoms with E-state index in [2.05, 4.69) is 11.5 Å². The molecular formula is C18H23N3O2. The van der Waals surface area contributed by atoms with Crippen molar-refractivity contribution in [3.05, 3.63) is 36.0 Å². The Hall–Kier alpha value is -2.30. The van der Waals surface area contributed by atoms with Gasteiger partial charge in [-0.05, 0) is 25.8 Å². The molecule has 0 spiro atoms. The maximum atomic E-state index is 13.1. The summed E-state index contributed by atoms with van der Waals surface area (Å²) >= 11 is 0. The van der Waals surface area contributed by atoms with Crippen molar-refractivity contribution >= 4 is 22.7 Å². The molecule has 0 aliphatic heterocycles. The molecule has 122 valence electrons. The van der Waals surface area contributed by atoms with Crippen LogP contribution in [0, 0.1) is 0 Å². The molecule has 5 heteroatoms. The highest BCUT2D eigenvalue weighted by Gasteiger charge is 2.30. The number of primary amides is 1. The van der Waals surface area contributed by atoms with Crippen LogP contribution in [0.2, 0.25) is 0 Å². The van der Waals surface area contributed by atoms with Crippen molar-refractivity contribution in [1.29, 1.82) is 0 Å². The number of hydrogen-bond acceptors (Lipinski definition) is 2. The number of rotatable bonds is 5. The van der Waals surface area contributed by atoms with Gasteiger partial charge < -0.3 is 15.2 Å². The van der Waals surface area contributed by atoms with E-state index in [0.29, 0.717) is 5.56 Å². The van der Waals surface area contributed by atoms with Gasteiger partial charge in [-0.3, -0.25) is 9.59 Å². The van der Waals surface area contributed by atoms with E-state index in [0.717, 1.165) is 43.1 Å². The van der Waals surface area contributed by atoms with Crippen LogP contribution < -0.4 is 5.73 Å². The van der Waals surface area contributed by atoms with Crippen LogP contribution in [-0.4, -0.2) is 33.9 Å². The zero-order chi connectivity index (χ0) is 16.4. The zero-order valence-electron chi connectivity index (χ0n) is 13.5. The second kappa shape index (κ2) is 6.44. The number of carbonyl (C=O) groups is 2. The predicted molar refractivity (Wildman–Crippen MR) is 90.1 cm³/mol. The Kier molecular flexibility index (Phi) is 4.37. The molecular weight excluding hydrogens is 290 g/mol. The first-order valence-corrected chi connectivity index (χ1v) is 8.29. The zero-order valence-corrected chi connectivity index (χ0v) is 13.5. The minimum Gasteiger partial charge on any atom is -0.368 e. The summed E-state index contributed by atoms with van der Waals surface area (Å²) in [5, 5.41) is 0.937. The third-order valence-corrected chi connectivity index (χ3v) is 4.71. The number of hydrogen-bond donors (Lipinski definition) is 1. The number of fused-ring (bicyclic) bond motifs is 1. The number of amides is 2. The van der Waals surface area contributed by atoms with E-state index in [1.165, 1.54) is 0 Å². The van der Waals surface area contributed by atoms with Crippen LogP contribution in [0.5, 0.6) is 0 Å². The van der Waals surface area contributed by atoms with E-state index in [4.69, 9.17) is 5.73 Å². The summed E-state index contributed by atoms with van der Waals surface area (Å²) in [7, 11) is 0. The van der Waals surface area contributed by atoms with Gasteiger partial charge in [0.05, 0.1) is 12.1 Å². The maximum absolute atomic E-state index is 13.1. The summed E-state index contributed by atoms with van der Waals surface area (Å²) in [5.74, 6) is -0.538. The van der Waals surface area contributed by atoms with Crippen LogP contribution in [0.25, 0.3) is 10.9 Å². The van der Waals surface area contributed by atoms with E-state index in [1.54, 1.807) is 4.90 Å².